The van der Waals surface area contributed by atoms with E-state index in [0.717, 1.165) is 0 Å². The highest BCUT2D eigenvalue weighted by Gasteiger charge is 2.24. The number of carbonyl (C=O) groups is 1. The minimum absolute atomic E-state index is 0.0583. The quantitative estimate of drug-likeness (QED) is 0.466. The summed E-state index contributed by atoms with van der Waals surface area (Å²) < 4.78 is 29.8. The van der Waals surface area contributed by atoms with Gasteiger partial charge in [-0.2, -0.15) is 0 Å². The largest absolute Gasteiger partial charge is 0.444 e. The second-order valence-corrected chi connectivity index (χ2v) is 10.1. The van der Waals surface area contributed by atoms with Crippen LogP contribution in [-0.2, 0) is 14.6 Å². The number of guanidine groups is 1. The molecule has 0 aromatic heterocycles. The van der Waals surface area contributed by atoms with Crippen LogP contribution in [-0.4, -0.2) is 57.5 Å². The number of nitrogens with zero attached hydrogens (tertiary/aromatic N) is 1. The smallest absolute Gasteiger partial charge is 0.408 e. The number of aliphatic imine (C=N–C) groups is 1. The Hall–Kier alpha value is -2.29. The first-order chi connectivity index (χ1) is 12.8. The van der Waals surface area contributed by atoms with Gasteiger partial charge in [-0.25, -0.2) is 13.2 Å². The molecule has 0 spiro atoms. The molecule has 0 aliphatic rings. The third-order valence-corrected chi connectivity index (χ3v) is 5.26. The maximum absolute atomic E-state index is 12.3. The maximum Gasteiger partial charge on any atom is 0.408 e. The summed E-state index contributed by atoms with van der Waals surface area (Å²) in [6.07, 6.45) is -0.504. The van der Waals surface area contributed by atoms with Crippen molar-refractivity contribution in [3.63, 3.8) is 0 Å². The predicted octanol–water partition coefficient (Wildman–Crippen LogP) is 1.93. The van der Waals surface area contributed by atoms with Gasteiger partial charge in [0.1, 0.15) is 5.60 Å². The standard InChI is InChI=1S/C19H32N4O4S/c1-18(2,3)27-17(24)23-19(4,5)14-22-16(20-6)21-12-13-28(25,26)15-10-8-7-9-11-15/h7-11H,12-14H2,1-6H3,(H,23,24)(H2,20,21,22). The zero-order valence-electron chi connectivity index (χ0n) is 17.5. The molecule has 1 aromatic rings. The molecule has 0 fully saturated rings. The van der Waals surface area contributed by atoms with Gasteiger partial charge in [0.05, 0.1) is 16.2 Å². The molecule has 0 saturated carbocycles. The fourth-order valence-electron chi connectivity index (χ4n) is 2.20. The average molecular weight is 413 g/mol. The summed E-state index contributed by atoms with van der Waals surface area (Å²) in [7, 11) is -1.77. The fourth-order valence-corrected chi connectivity index (χ4v) is 3.38. The Morgan fingerprint density at radius 3 is 2.21 bits per heavy atom. The average Bonchev–Trinajstić information content (AvgIpc) is 2.56. The first-order valence-corrected chi connectivity index (χ1v) is 10.7. The monoisotopic (exact) mass is 412 g/mol. The highest BCUT2D eigenvalue weighted by molar-refractivity contribution is 7.91. The van der Waals surface area contributed by atoms with Crippen molar-refractivity contribution in [3.05, 3.63) is 30.3 Å². The van der Waals surface area contributed by atoms with Crippen LogP contribution in [0.2, 0.25) is 0 Å². The van der Waals surface area contributed by atoms with Crippen molar-refractivity contribution in [1.82, 2.24) is 16.0 Å². The Bertz CT molecular complexity index is 769. The zero-order chi connectivity index (χ0) is 21.4. The van der Waals surface area contributed by atoms with Crippen molar-refractivity contribution in [2.45, 2.75) is 50.7 Å². The Morgan fingerprint density at radius 2 is 1.68 bits per heavy atom. The van der Waals surface area contributed by atoms with Crippen LogP contribution < -0.4 is 16.0 Å². The lowest BCUT2D eigenvalue weighted by Crippen LogP contribution is -2.54. The number of sulfone groups is 1. The molecule has 0 saturated heterocycles. The number of carbonyl (C=O) groups excluding carboxylic acids is 1. The molecule has 0 radical (unpaired) electrons. The van der Waals surface area contributed by atoms with Crippen molar-refractivity contribution in [3.8, 4) is 0 Å². The third kappa shape index (κ3) is 9.07. The molecule has 0 aliphatic carbocycles. The van der Waals surface area contributed by atoms with Gasteiger partial charge in [0.2, 0.25) is 0 Å². The van der Waals surface area contributed by atoms with E-state index in [1.165, 1.54) is 0 Å². The Balaban J connectivity index is 2.49. The molecule has 0 atom stereocenters. The Kier molecular flexibility index (Phi) is 8.29. The van der Waals surface area contributed by atoms with E-state index in [-0.39, 0.29) is 12.3 Å². The predicted molar refractivity (Wildman–Crippen MR) is 111 cm³/mol. The summed E-state index contributed by atoms with van der Waals surface area (Å²) in [5.74, 6) is 0.388. The van der Waals surface area contributed by atoms with Crippen LogP contribution >= 0.6 is 0 Å². The number of hydrogen-bond donors (Lipinski definition) is 3. The molecular formula is C19H32N4O4S. The van der Waals surface area contributed by atoms with E-state index in [0.29, 0.717) is 17.4 Å². The van der Waals surface area contributed by atoms with Crippen LogP contribution in [0.15, 0.2) is 40.2 Å². The number of alkyl carbamates (subject to hydrolysis) is 1. The SMILES string of the molecule is CN=C(NCCS(=O)(=O)c1ccccc1)NCC(C)(C)NC(=O)OC(C)(C)C. The van der Waals surface area contributed by atoms with E-state index in [4.69, 9.17) is 4.74 Å². The van der Waals surface area contributed by atoms with Crippen molar-refractivity contribution in [2.24, 2.45) is 4.99 Å². The van der Waals surface area contributed by atoms with Gasteiger partial charge < -0.3 is 20.7 Å². The lowest BCUT2D eigenvalue weighted by atomic mass is 10.1. The summed E-state index contributed by atoms with van der Waals surface area (Å²) in [5, 5.41) is 8.84. The Labute approximate surface area is 168 Å². The molecule has 0 bridgehead atoms. The molecule has 158 valence electrons. The number of ether oxygens (including phenoxy) is 1. The summed E-state index contributed by atoms with van der Waals surface area (Å²) in [6, 6.07) is 8.32. The summed E-state index contributed by atoms with van der Waals surface area (Å²) in [5.41, 5.74) is -1.18. The van der Waals surface area contributed by atoms with E-state index >= 15 is 0 Å². The van der Waals surface area contributed by atoms with Gasteiger partial charge in [0.15, 0.2) is 15.8 Å². The number of amides is 1. The first kappa shape index (κ1) is 23.7. The normalized spacial score (nSPS) is 13.0. The minimum Gasteiger partial charge on any atom is -0.444 e. The number of rotatable bonds is 7. The van der Waals surface area contributed by atoms with Gasteiger partial charge in [0, 0.05) is 20.1 Å². The molecule has 0 heterocycles. The van der Waals surface area contributed by atoms with Crippen LogP contribution in [0.3, 0.4) is 0 Å². The van der Waals surface area contributed by atoms with Gasteiger partial charge in [0.25, 0.3) is 0 Å². The van der Waals surface area contributed by atoms with E-state index in [2.05, 4.69) is 20.9 Å². The molecule has 8 nitrogen and oxygen atoms in total. The second-order valence-electron chi connectivity index (χ2n) is 8.00. The van der Waals surface area contributed by atoms with Crippen LogP contribution in [0, 0.1) is 0 Å². The number of benzene rings is 1. The highest BCUT2D eigenvalue weighted by Crippen LogP contribution is 2.10. The molecule has 28 heavy (non-hydrogen) atoms. The molecule has 1 rings (SSSR count). The molecule has 1 amide bonds. The van der Waals surface area contributed by atoms with Gasteiger partial charge in [-0.05, 0) is 46.8 Å². The van der Waals surface area contributed by atoms with Gasteiger partial charge in [-0.15, -0.1) is 0 Å². The van der Waals surface area contributed by atoms with E-state index < -0.39 is 27.1 Å². The molecule has 9 heteroatoms. The molecule has 0 aliphatic heterocycles. The van der Waals surface area contributed by atoms with Crippen molar-refractivity contribution >= 4 is 21.9 Å². The third-order valence-electron chi connectivity index (χ3n) is 3.53. The van der Waals surface area contributed by atoms with Crippen LogP contribution in [0.4, 0.5) is 4.79 Å². The number of nitrogens with one attached hydrogen (secondary N) is 3. The lowest BCUT2D eigenvalue weighted by molar-refractivity contribution is 0.0474. The zero-order valence-corrected chi connectivity index (χ0v) is 18.3. The van der Waals surface area contributed by atoms with E-state index in [9.17, 15) is 13.2 Å². The van der Waals surface area contributed by atoms with Crippen LogP contribution in [0.25, 0.3) is 0 Å². The van der Waals surface area contributed by atoms with Gasteiger partial charge in [-0.3, -0.25) is 4.99 Å². The van der Waals surface area contributed by atoms with Crippen molar-refractivity contribution < 1.29 is 17.9 Å². The van der Waals surface area contributed by atoms with Crippen molar-refractivity contribution in [1.29, 1.82) is 0 Å². The van der Waals surface area contributed by atoms with Gasteiger partial charge in [-0.1, -0.05) is 18.2 Å². The highest BCUT2D eigenvalue weighted by atomic mass is 32.2. The summed E-state index contributed by atoms with van der Waals surface area (Å²) in [6.45, 7) is 9.66. The van der Waals surface area contributed by atoms with Gasteiger partial charge >= 0.3 is 6.09 Å². The van der Waals surface area contributed by atoms with E-state index in [1.54, 1.807) is 58.2 Å². The van der Waals surface area contributed by atoms with Crippen LogP contribution in [0.5, 0.6) is 0 Å². The molecule has 0 unspecified atom stereocenters. The summed E-state index contributed by atoms with van der Waals surface area (Å²) >= 11 is 0. The molecule has 1 aromatic carbocycles. The molecule has 3 N–H and O–H groups in total. The Morgan fingerprint density at radius 1 is 1.07 bits per heavy atom. The lowest BCUT2D eigenvalue weighted by Gasteiger charge is -2.29. The molecular weight excluding hydrogens is 380 g/mol. The number of hydrogen-bond acceptors (Lipinski definition) is 5. The maximum atomic E-state index is 12.3. The van der Waals surface area contributed by atoms with Crippen LogP contribution in [0.1, 0.15) is 34.6 Å². The minimum atomic E-state index is -3.36. The fraction of sp³-hybridized carbons (Fsp3) is 0.579. The topological polar surface area (TPSA) is 109 Å². The van der Waals surface area contributed by atoms with Crippen molar-refractivity contribution in [2.75, 3.05) is 25.9 Å². The summed E-state index contributed by atoms with van der Waals surface area (Å²) in [4.78, 5) is 16.3. The van der Waals surface area contributed by atoms with E-state index in [1.807, 2.05) is 13.8 Å². The second kappa shape index (κ2) is 9.77. The first-order valence-electron chi connectivity index (χ1n) is 9.08.